The zero-order valence-corrected chi connectivity index (χ0v) is 5.63. The smallest absolute Gasteiger partial charge is 0.161 e. The summed E-state index contributed by atoms with van der Waals surface area (Å²) in [4.78, 5) is 0. The van der Waals surface area contributed by atoms with Crippen LogP contribution in [0.25, 0.3) is 0 Å². The highest BCUT2D eigenvalue weighted by molar-refractivity contribution is 7.86. The zero-order valence-electron chi connectivity index (χ0n) is 4.81. The van der Waals surface area contributed by atoms with E-state index in [0.717, 1.165) is 6.08 Å². The average molecular weight is 151 g/mol. The molecule has 0 spiro atoms. The van der Waals surface area contributed by atoms with Gasteiger partial charge in [0.1, 0.15) is 10.1 Å². The number of hydrogen-bond acceptors (Lipinski definition) is 4. The molecule has 1 atom stereocenters. The summed E-state index contributed by atoms with van der Waals surface area (Å²) in [5.41, 5.74) is -1.90. The minimum Gasteiger partial charge on any atom is -0.746 e. The first-order valence-corrected chi connectivity index (χ1v) is 3.71. The second-order valence-electron chi connectivity index (χ2n) is 1.41. The molecule has 4 nitrogen and oxygen atoms in total. The van der Waals surface area contributed by atoms with Gasteiger partial charge in [0.25, 0.3) is 0 Å². The van der Waals surface area contributed by atoms with Crippen LogP contribution in [0.1, 0.15) is 6.92 Å². The first kappa shape index (κ1) is 8.61. The van der Waals surface area contributed by atoms with Crippen molar-refractivity contribution < 1.29 is 18.1 Å². The summed E-state index contributed by atoms with van der Waals surface area (Å²) in [6.45, 7) is 1.51. The van der Waals surface area contributed by atoms with Gasteiger partial charge in [0.05, 0.1) is 0 Å². The van der Waals surface area contributed by atoms with Gasteiger partial charge in [-0.25, -0.2) is 8.42 Å². The van der Waals surface area contributed by atoms with Gasteiger partial charge in [-0.15, -0.1) is 0 Å². The van der Waals surface area contributed by atoms with Crippen molar-refractivity contribution in [1.29, 1.82) is 0 Å². The molecule has 0 aliphatic heterocycles. The summed E-state index contributed by atoms with van der Waals surface area (Å²) in [6, 6.07) is 0. The van der Waals surface area contributed by atoms with Crippen LogP contribution in [0.3, 0.4) is 0 Å². The third-order valence-electron chi connectivity index (χ3n) is 0.653. The van der Waals surface area contributed by atoms with Crippen LogP contribution < -0.4 is 0 Å². The molecule has 0 aromatic heterocycles. The quantitative estimate of drug-likeness (QED) is 0.423. The maximum Gasteiger partial charge on any atom is 0.161 e. The van der Waals surface area contributed by atoms with Crippen LogP contribution in [0.5, 0.6) is 0 Å². The van der Waals surface area contributed by atoms with Gasteiger partial charge in [0.15, 0.2) is 5.44 Å². The van der Waals surface area contributed by atoms with Crippen LogP contribution in [-0.4, -0.2) is 23.5 Å². The van der Waals surface area contributed by atoms with E-state index in [1.807, 2.05) is 0 Å². The fourth-order valence-corrected chi connectivity index (χ4v) is 0.610. The largest absolute Gasteiger partial charge is 0.746 e. The monoisotopic (exact) mass is 151 g/mol. The fraction of sp³-hybridized carbons (Fsp3) is 0.500. The second-order valence-corrected chi connectivity index (χ2v) is 2.88. The molecule has 9 heavy (non-hydrogen) atoms. The van der Waals surface area contributed by atoms with E-state index in [1.54, 1.807) is 0 Å². The summed E-state index contributed by atoms with van der Waals surface area (Å²) >= 11 is 0. The highest BCUT2D eigenvalue weighted by atomic mass is 32.2. The van der Waals surface area contributed by atoms with E-state index in [1.165, 1.54) is 13.0 Å². The molecule has 0 saturated heterocycles. The molecular weight excluding hydrogens is 144 g/mol. The molecule has 1 N–H and O–H groups in total. The van der Waals surface area contributed by atoms with Gasteiger partial charge in [0.2, 0.25) is 0 Å². The highest BCUT2D eigenvalue weighted by Gasteiger charge is 2.04. The van der Waals surface area contributed by atoms with Gasteiger partial charge >= 0.3 is 0 Å². The molecule has 0 bridgehead atoms. The molecule has 0 aromatic rings. The van der Waals surface area contributed by atoms with Crippen LogP contribution in [0.15, 0.2) is 12.2 Å². The summed E-state index contributed by atoms with van der Waals surface area (Å²) in [6.07, 6.45) is 2.20. The lowest BCUT2D eigenvalue weighted by molar-refractivity contribution is 0.272. The number of hydrogen-bond donors (Lipinski definition) is 1. The van der Waals surface area contributed by atoms with E-state index in [2.05, 4.69) is 0 Å². The van der Waals surface area contributed by atoms with Gasteiger partial charge in [-0.2, -0.15) is 0 Å². The van der Waals surface area contributed by atoms with Crippen molar-refractivity contribution in [3.63, 3.8) is 0 Å². The number of allylic oxidation sites excluding steroid dienone is 1. The molecule has 0 aliphatic rings. The number of rotatable bonds is 2. The first-order chi connectivity index (χ1) is 3.98. The molecule has 0 heterocycles. The molecule has 0 amide bonds. The Morgan fingerprint density at radius 2 is 2.11 bits per heavy atom. The highest BCUT2D eigenvalue weighted by Crippen LogP contribution is 1.93. The van der Waals surface area contributed by atoms with Crippen molar-refractivity contribution in [2.75, 3.05) is 0 Å². The molecule has 5 heteroatoms. The van der Waals surface area contributed by atoms with Gasteiger partial charge in [-0.3, -0.25) is 0 Å². The molecular formula is C4H7O4S-. The van der Waals surface area contributed by atoms with Crippen LogP contribution in [-0.2, 0) is 10.1 Å². The lowest BCUT2D eigenvalue weighted by atomic mass is 10.6. The van der Waals surface area contributed by atoms with Crippen molar-refractivity contribution in [2.24, 2.45) is 0 Å². The predicted molar refractivity (Wildman–Crippen MR) is 30.5 cm³/mol. The summed E-state index contributed by atoms with van der Waals surface area (Å²) < 4.78 is 29.6. The zero-order chi connectivity index (χ0) is 7.49. The maximum absolute atomic E-state index is 9.86. The van der Waals surface area contributed by atoms with Crippen molar-refractivity contribution >= 4 is 10.1 Å². The lowest BCUT2D eigenvalue weighted by Gasteiger charge is -2.09. The number of aliphatic hydroxyl groups is 1. The summed E-state index contributed by atoms with van der Waals surface area (Å²) in [5, 5.41) is 8.40. The Kier molecular flexibility index (Phi) is 2.83. The van der Waals surface area contributed by atoms with Crippen molar-refractivity contribution in [2.45, 2.75) is 12.4 Å². The SMILES string of the molecule is C/C=C/C(O)S(=O)(=O)[O-]. The molecule has 0 radical (unpaired) electrons. The van der Waals surface area contributed by atoms with Crippen molar-refractivity contribution in [3.8, 4) is 0 Å². The van der Waals surface area contributed by atoms with E-state index < -0.39 is 15.6 Å². The van der Waals surface area contributed by atoms with E-state index >= 15 is 0 Å². The summed E-state index contributed by atoms with van der Waals surface area (Å²) in [5.74, 6) is 0. The van der Waals surface area contributed by atoms with Crippen LogP contribution in [0.2, 0.25) is 0 Å². The Bertz CT molecular complexity index is 191. The van der Waals surface area contributed by atoms with Gasteiger partial charge < -0.3 is 9.66 Å². The van der Waals surface area contributed by atoms with Crippen molar-refractivity contribution in [3.05, 3.63) is 12.2 Å². The molecule has 1 unspecified atom stereocenters. The third kappa shape index (κ3) is 3.23. The fourth-order valence-electron chi connectivity index (χ4n) is 0.261. The van der Waals surface area contributed by atoms with Crippen LogP contribution in [0, 0.1) is 0 Å². The third-order valence-corrected chi connectivity index (χ3v) is 1.40. The topological polar surface area (TPSA) is 77.4 Å². The van der Waals surface area contributed by atoms with Gasteiger partial charge in [-0.1, -0.05) is 6.08 Å². The maximum atomic E-state index is 9.86. The Hall–Kier alpha value is -0.390. The molecule has 0 aromatic carbocycles. The number of aliphatic hydroxyl groups excluding tert-OH is 1. The first-order valence-electron chi connectivity index (χ1n) is 2.24. The Morgan fingerprint density at radius 3 is 2.22 bits per heavy atom. The van der Waals surface area contributed by atoms with E-state index in [9.17, 15) is 13.0 Å². The van der Waals surface area contributed by atoms with Crippen LogP contribution >= 0.6 is 0 Å². The van der Waals surface area contributed by atoms with E-state index in [0.29, 0.717) is 0 Å². The molecule has 0 fully saturated rings. The minimum absolute atomic E-state index is 0.905. The predicted octanol–water partition coefficient (Wildman–Crippen LogP) is -0.574. The standard InChI is InChI=1S/C4H8O4S/c1-2-3-4(5)9(6,7)8/h2-5H,1H3,(H,6,7,8)/p-1/b3-2+. The molecule has 54 valence electrons. The second kappa shape index (κ2) is 2.95. The molecule has 0 rings (SSSR count). The normalized spacial score (nSPS) is 16.3. The Morgan fingerprint density at radius 1 is 1.67 bits per heavy atom. The Balaban J connectivity index is 4.24. The average Bonchev–Trinajstić information content (AvgIpc) is 1.64. The van der Waals surface area contributed by atoms with Gasteiger partial charge in [-0.05, 0) is 13.0 Å². The Labute approximate surface area is 53.6 Å². The minimum atomic E-state index is -4.55. The van der Waals surface area contributed by atoms with Gasteiger partial charge in [0, 0.05) is 0 Å². The van der Waals surface area contributed by atoms with Crippen molar-refractivity contribution in [1.82, 2.24) is 0 Å². The lowest BCUT2D eigenvalue weighted by Crippen LogP contribution is -2.16. The molecule has 0 aliphatic carbocycles. The summed E-state index contributed by atoms with van der Waals surface area (Å²) in [7, 11) is -4.55. The molecule has 0 saturated carbocycles. The van der Waals surface area contributed by atoms with E-state index in [-0.39, 0.29) is 0 Å². The van der Waals surface area contributed by atoms with Crippen LogP contribution in [0.4, 0.5) is 0 Å². The van der Waals surface area contributed by atoms with E-state index in [4.69, 9.17) is 5.11 Å².